The summed E-state index contributed by atoms with van der Waals surface area (Å²) in [5.41, 5.74) is 3.01. The number of hydrogen-bond donors (Lipinski definition) is 1. The second kappa shape index (κ2) is 6.39. The van der Waals surface area contributed by atoms with Crippen molar-refractivity contribution in [2.75, 3.05) is 6.61 Å². The van der Waals surface area contributed by atoms with E-state index in [9.17, 15) is 4.79 Å². The average Bonchev–Trinajstić information content (AvgIpc) is 2.80. The molecule has 0 spiro atoms. The molecule has 1 aromatic carbocycles. The van der Waals surface area contributed by atoms with Crippen LogP contribution in [-0.2, 0) is 6.54 Å². The Morgan fingerprint density at radius 3 is 2.67 bits per heavy atom. The van der Waals surface area contributed by atoms with Gasteiger partial charge < -0.3 is 9.84 Å². The molecule has 21 heavy (non-hydrogen) atoms. The maximum atomic E-state index is 10.9. The minimum absolute atomic E-state index is 0.00470. The summed E-state index contributed by atoms with van der Waals surface area (Å²) in [5, 5.41) is 16.4. The molecule has 0 aliphatic rings. The molecule has 1 aromatic heterocycles. The molecule has 0 bridgehead atoms. The van der Waals surface area contributed by atoms with Gasteiger partial charge in [0.25, 0.3) is 0 Å². The third kappa shape index (κ3) is 3.59. The fraction of sp³-hybridized carbons (Fsp3) is 0.400. The van der Waals surface area contributed by atoms with Crippen molar-refractivity contribution in [1.29, 1.82) is 0 Å². The fourth-order valence-corrected chi connectivity index (χ4v) is 1.98. The van der Waals surface area contributed by atoms with Crippen LogP contribution in [0.25, 0.3) is 0 Å². The predicted octanol–water partition coefficient (Wildman–Crippen LogP) is 2.37. The van der Waals surface area contributed by atoms with Crippen LogP contribution in [0.3, 0.4) is 0 Å². The zero-order chi connectivity index (χ0) is 15.4. The van der Waals surface area contributed by atoms with Gasteiger partial charge in [0.05, 0.1) is 12.3 Å². The largest absolute Gasteiger partial charge is 0.494 e. The number of rotatable bonds is 6. The molecule has 0 saturated carbocycles. The van der Waals surface area contributed by atoms with Crippen LogP contribution in [0.2, 0.25) is 0 Å². The normalized spacial score (nSPS) is 10.6. The molecule has 0 radical (unpaired) electrons. The Hall–Kier alpha value is -2.37. The highest BCUT2D eigenvalue weighted by Gasteiger charge is 2.14. The van der Waals surface area contributed by atoms with Gasteiger partial charge in [-0.2, -0.15) is 0 Å². The van der Waals surface area contributed by atoms with Crippen molar-refractivity contribution in [3.8, 4) is 5.75 Å². The van der Waals surface area contributed by atoms with Gasteiger partial charge >= 0.3 is 5.97 Å². The standard InChI is InChI=1S/C15H19N3O3/c1-10-5-6-13(9-11(10)2)21-8-4-7-18-12(3)14(15(19)20)16-17-18/h5-6,9H,4,7-8H2,1-3H3,(H,19,20). The smallest absolute Gasteiger partial charge is 0.358 e. The fourth-order valence-electron chi connectivity index (χ4n) is 1.98. The van der Waals surface area contributed by atoms with Crippen LogP contribution in [0.4, 0.5) is 0 Å². The van der Waals surface area contributed by atoms with Crippen LogP contribution >= 0.6 is 0 Å². The number of carbonyl (C=O) groups is 1. The average molecular weight is 289 g/mol. The first-order valence-electron chi connectivity index (χ1n) is 6.82. The molecule has 0 aliphatic carbocycles. The van der Waals surface area contributed by atoms with Crippen LogP contribution in [0.15, 0.2) is 18.2 Å². The molecular weight excluding hydrogens is 270 g/mol. The SMILES string of the molecule is Cc1ccc(OCCCn2nnc(C(=O)O)c2C)cc1C. The van der Waals surface area contributed by atoms with Gasteiger partial charge in [0.15, 0.2) is 5.69 Å². The van der Waals surface area contributed by atoms with Crippen molar-refractivity contribution in [3.05, 3.63) is 40.7 Å². The molecule has 112 valence electrons. The third-order valence-electron chi connectivity index (χ3n) is 3.45. The van der Waals surface area contributed by atoms with Crippen LogP contribution in [0.1, 0.15) is 33.7 Å². The van der Waals surface area contributed by atoms with Gasteiger partial charge in [-0.1, -0.05) is 11.3 Å². The first-order valence-corrected chi connectivity index (χ1v) is 6.82. The molecule has 1 heterocycles. The Morgan fingerprint density at radius 2 is 2.05 bits per heavy atom. The molecular formula is C15H19N3O3. The zero-order valence-electron chi connectivity index (χ0n) is 12.5. The maximum absolute atomic E-state index is 10.9. The minimum Gasteiger partial charge on any atom is -0.494 e. The van der Waals surface area contributed by atoms with E-state index in [0.29, 0.717) is 18.8 Å². The number of aromatic nitrogens is 3. The van der Waals surface area contributed by atoms with Crippen molar-refractivity contribution in [1.82, 2.24) is 15.0 Å². The van der Waals surface area contributed by atoms with Gasteiger partial charge in [-0.25, -0.2) is 9.48 Å². The Balaban J connectivity index is 1.84. The minimum atomic E-state index is -1.05. The van der Waals surface area contributed by atoms with E-state index in [1.807, 2.05) is 25.1 Å². The van der Waals surface area contributed by atoms with Gasteiger partial charge in [-0.3, -0.25) is 0 Å². The number of benzene rings is 1. The van der Waals surface area contributed by atoms with Gasteiger partial charge in [-0.15, -0.1) is 5.10 Å². The highest BCUT2D eigenvalue weighted by atomic mass is 16.5. The molecule has 6 heteroatoms. The molecule has 0 saturated heterocycles. The topological polar surface area (TPSA) is 77.2 Å². The summed E-state index contributed by atoms with van der Waals surface area (Å²) in [4.78, 5) is 10.9. The molecule has 0 amide bonds. The molecule has 2 aromatic rings. The number of hydrogen-bond acceptors (Lipinski definition) is 4. The van der Waals surface area contributed by atoms with E-state index in [2.05, 4.69) is 17.2 Å². The van der Waals surface area contributed by atoms with E-state index >= 15 is 0 Å². The van der Waals surface area contributed by atoms with E-state index in [-0.39, 0.29) is 5.69 Å². The predicted molar refractivity (Wildman–Crippen MR) is 77.7 cm³/mol. The lowest BCUT2D eigenvalue weighted by atomic mass is 10.1. The van der Waals surface area contributed by atoms with E-state index in [1.165, 1.54) is 11.1 Å². The van der Waals surface area contributed by atoms with E-state index in [1.54, 1.807) is 11.6 Å². The van der Waals surface area contributed by atoms with Crippen molar-refractivity contribution in [3.63, 3.8) is 0 Å². The van der Waals surface area contributed by atoms with Crippen LogP contribution < -0.4 is 4.74 Å². The lowest BCUT2D eigenvalue weighted by Gasteiger charge is -2.08. The van der Waals surface area contributed by atoms with Gasteiger partial charge in [0, 0.05) is 13.0 Å². The van der Waals surface area contributed by atoms with Crippen molar-refractivity contribution >= 4 is 5.97 Å². The highest BCUT2D eigenvalue weighted by molar-refractivity contribution is 5.86. The summed E-state index contributed by atoms with van der Waals surface area (Å²) in [7, 11) is 0. The Morgan fingerprint density at radius 1 is 1.29 bits per heavy atom. The molecule has 0 unspecified atom stereocenters. The number of nitrogens with zero attached hydrogens (tertiary/aromatic N) is 3. The first kappa shape index (κ1) is 15.0. The van der Waals surface area contributed by atoms with Crippen molar-refractivity contribution in [2.24, 2.45) is 0 Å². The van der Waals surface area contributed by atoms with Gasteiger partial charge in [0.2, 0.25) is 0 Å². The maximum Gasteiger partial charge on any atom is 0.358 e. The second-order valence-corrected chi connectivity index (χ2v) is 5.00. The van der Waals surface area contributed by atoms with Gasteiger partial charge in [0.1, 0.15) is 5.75 Å². The lowest BCUT2D eigenvalue weighted by Crippen LogP contribution is -2.08. The highest BCUT2D eigenvalue weighted by Crippen LogP contribution is 2.16. The number of aryl methyl sites for hydroxylation is 3. The number of carboxylic acid groups (broad SMARTS) is 1. The van der Waals surface area contributed by atoms with Crippen molar-refractivity contribution < 1.29 is 14.6 Å². The summed E-state index contributed by atoms with van der Waals surface area (Å²) < 4.78 is 7.27. The summed E-state index contributed by atoms with van der Waals surface area (Å²) in [6.07, 6.45) is 0.732. The molecule has 2 rings (SSSR count). The molecule has 0 aliphatic heterocycles. The van der Waals surface area contributed by atoms with Gasteiger partial charge in [-0.05, 0) is 44.0 Å². The number of aromatic carboxylic acids is 1. The summed E-state index contributed by atoms with van der Waals surface area (Å²) >= 11 is 0. The monoisotopic (exact) mass is 289 g/mol. The van der Waals surface area contributed by atoms with Crippen LogP contribution in [0, 0.1) is 20.8 Å². The molecule has 0 fully saturated rings. The Bertz CT molecular complexity index is 650. The summed E-state index contributed by atoms with van der Waals surface area (Å²) in [6, 6.07) is 6.00. The van der Waals surface area contributed by atoms with E-state index in [4.69, 9.17) is 9.84 Å². The zero-order valence-corrected chi connectivity index (χ0v) is 12.5. The second-order valence-electron chi connectivity index (χ2n) is 5.00. The molecule has 6 nitrogen and oxygen atoms in total. The first-order chi connectivity index (χ1) is 9.99. The van der Waals surface area contributed by atoms with Crippen LogP contribution in [0.5, 0.6) is 5.75 Å². The Labute approximate surface area is 123 Å². The lowest BCUT2D eigenvalue weighted by molar-refractivity contribution is 0.0689. The number of ether oxygens (including phenoxy) is 1. The summed E-state index contributed by atoms with van der Waals surface area (Å²) in [6.45, 7) is 6.94. The van der Waals surface area contributed by atoms with Crippen molar-refractivity contribution in [2.45, 2.75) is 33.7 Å². The number of carboxylic acids is 1. The quantitative estimate of drug-likeness (QED) is 0.826. The molecule has 0 atom stereocenters. The van der Waals surface area contributed by atoms with E-state index in [0.717, 1.165) is 12.2 Å². The van der Waals surface area contributed by atoms with Crippen LogP contribution in [-0.4, -0.2) is 32.7 Å². The molecule has 1 N–H and O–H groups in total. The summed E-state index contributed by atoms with van der Waals surface area (Å²) in [5.74, 6) is -0.204. The van der Waals surface area contributed by atoms with E-state index < -0.39 is 5.97 Å². The Kier molecular flexibility index (Phi) is 4.57. The third-order valence-corrected chi connectivity index (χ3v) is 3.45.